The highest BCUT2D eigenvalue weighted by atomic mass is 19.1. The summed E-state index contributed by atoms with van der Waals surface area (Å²) in [6, 6.07) is 8.76. The van der Waals surface area contributed by atoms with Gasteiger partial charge in [0.05, 0.1) is 10.9 Å². The van der Waals surface area contributed by atoms with Gasteiger partial charge in [-0.2, -0.15) is 0 Å². The van der Waals surface area contributed by atoms with Gasteiger partial charge >= 0.3 is 0 Å². The van der Waals surface area contributed by atoms with Crippen LogP contribution in [-0.2, 0) is 6.54 Å². The lowest BCUT2D eigenvalue weighted by atomic mass is 10.1. The Labute approximate surface area is 143 Å². The highest BCUT2D eigenvalue weighted by molar-refractivity contribution is 5.83. The Bertz CT molecular complexity index is 995. The SMILES string of the molecule is Cc1oc2c(CN(C)C)c(O)ccc2c(=O)c1Oc1ccccc1F. The second kappa shape index (κ2) is 6.57. The van der Waals surface area contributed by atoms with E-state index < -0.39 is 11.2 Å². The third-order valence-corrected chi connectivity index (χ3v) is 3.78. The summed E-state index contributed by atoms with van der Waals surface area (Å²) in [6.45, 7) is 1.97. The molecule has 2 aromatic carbocycles. The number of phenols is 1. The quantitative estimate of drug-likeness (QED) is 0.781. The van der Waals surface area contributed by atoms with Gasteiger partial charge in [-0.05, 0) is 45.3 Å². The number of benzene rings is 2. The van der Waals surface area contributed by atoms with Crippen molar-refractivity contribution in [3.05, 3.63) is 63.8 Å². The summed E-state index contributed by atoms with van der Waals surface area (Å²) in [4.78, 5) is 14.7. The van der Waals surface area contributed by atoms with Crippen LogP contribution < -0.4 is 10.2 Å². The molecule has 0 amide bonds. The van der Waals surface area contributed by atoms with Crippen molar-refractivity contribution in [2.24, 2.45) is 0 Å². The summed E-state index contributed by atoms with van der Waals surface area (Å²) in [7, 11) is 3.69. The topological polar surface area (TPSA) is 62.9 Å². The van der Waals surface area contributed by atoms with Crippen molar-refractivity contribution in [2.45, 2.75) is 13.5 Å². The molecule has 130 valence electrons. The van der Waals surface area contributed by atoms with E-state index in [1.807, 2.05) is 19.0 Å². The molecule has 25 heavy (non-hydrogen) atoms. The molecular formula is C19H18FNO4. The van der Waals surface area contributed by atoms with Gasteiger partial charge in [0.25, 0.3) is 0 Å². The number of rotatable bonds is 4. The number of phenolic OH excluding ortho intramolecular Hbond substituents is 1. The van der Waals surface area contributed by atoms with E-state index >= 15 is 0 Å². The molecule has 0 unspecified atom stereocenters. The van der Waals surface area contributed by atoms with Crippen LogP contribution in [0.5, 0.6) is 17.2 Å². The maximum atomic E-state index is 13.8. The van der Waals surface area contributed by atoms with E-state index in [1.54, 1.807) is 13.0 Å². The number of halogens is 1. The van der Waals surface area contributed by atoms with E-state index in [0.717, 1.165) is 0 Å². The summed E-state index contributed by atoms with van der Waals surface area (Å²) in [5.74, 6) is -0.429. The molecule has 0 aliphatic rings. The molecule has 0 spiro atoms. The van der Waals surface area contributed by atoms with Crippen molar-refractivity contribution in [3.63, 3.8) is 0 Å². The van der Waals surface area contributed by atoms with Crippen molar-refractivity contribution in [2.75, 3.05) is 14.1 Å². The van der Waals surface area contributed by atoms with Crippen LogP contribution >= 0.6 is 0 Å². The molecule has 1 N–H and O–H groups in total. The van der Waals surface area contributed by atoms with E-state index in [-0.39, 0.29) is 28.4 Å². The zero-order valence-electron chi connectivity index (χ0n) is 14.2. The minimum atomic E-state index is -0.569. The molecule has 1 heterocycles. The van der Waals surface area contributed by atoms with Crippen molar-refractivity contribution >= 4 is 11.0 Å². The van der Waals surface area contributed by atoms with Crippen molar-refractivity contribution in [3.8, 4) is 17.2 Å². The first kappa shape index (κ1) is 17.0. The number of hydrogen-bond acceptors (Lipinski definition) is 5. The molecule has 1 aromatic heterocycles. The summed E-state index contributed by atoms with van der Waals surface area (Å²) in [5, 5.41) is 10.4. The van der Waals surface area contributed by atoms with Gasteiger partial charge in [-0.3, -0.25) is 4.79 Å². The van der Waals surface area contributed by atoms with Crippen LogP contribution in [0.15, 0.2) is 45.6 Å². The van der Waals surface area contributed by atoms with Crippen LogP contribution in [0, 0.1) is 12.7 Å². The predicted molar refractivity (Wildman–Crippen MR) is 92.8 cm³/mol. The number of ether oxygens (including phenoxy) is 1. The van der Waals surface area contributed by atoms with Crippen LogP contribution in [0.25, 0.3) is 11.0 Å². The normalized spacial score (nSPS) is 11.2. The second-order valence-electron chi connectivity index (χ2n) is 6.03. The summed E-state index contributed by atoms with van der Waals surface area (Å²) in [5.41, 5.74) is 0.402. The molecule has 3 aromatic rings. The Kier molecular flexibility index (Phi) is 4.46. The van der Waals surface area contributed by atoms with Crippen molar-refractivity contribution < 1.29 is 18.7 Å². The fourth-order valence-electron chi connectivity index (χ4n) is 2.62. The van der Waals surface area contributed by atoms with Gasteiger partial charge < -0.3 is 19.2 Å². The molecule has 5 nitrogen and oxygen atoms in total. The molecule has 0 radical (unpaired) electrons. The molecule has 0 bridgehead atoms. The lowest BCUT2D eigenvalue weighted by Gasteiger charge is -2.15. The number of fused-ring (bicyclic) bond motifs is 1. The van der Waals surface area contributed by atoms with Gasteiger partial charge in [-0.1, -0.05) is 12.1 Å². The van der Waals surface area contributed by atoms with Crippen LogP contribution in [0.3, 0.4) is 0 Å². The molecule has 0 atom stereocenters. The van der Waals surface area contributed by atoms with E-state index in [9.17, 15) is 14.3 Å². The van der Waals surface area contributed by atoms with Gasteiger partial charge in [0.1, 0.15) is 17.1 Å². The minimum Gasteiger partial charge on any atom is -0.507 e. The first-order valence-corrected chi connectivity index (χ1v) is 7.74. The molecule has 0 aliphatic carbocycles. The number of aryl methyl sites for hydroxylation is 1. The van der Waals surface area contributed by atoms with Crippen LogP contribution in [0.4, 0.5) is 4.39 Å². The summed E-state index contributed by atoms with van der Waals surface area (Å²) < 4.78 is 25.1. The average molecular weight is 343 g/mol. The maximum absolute atomic E-state index is 13.8. The lowest BCUT2D eigenvalue weighted by molar-refractivity contribution is 0.380. The molecular weight excluding hydrogens is 325 g/mol. The predicted octanol–water partition coefficient (Wildman–Crippen LogP) is 3.80. The van der Waals surface area contributed by atoms with Gasteiger partial charge in [-0.15, -0.1) is 0 Å². The highest BCUT2D eigenvalue weighted by Gasteiger charge is 2.19. The van der Waals surface area contributed by atoms with Crippen molar-refractivity contribution in [1.82, 2.24) is 4.90 Å². The minimum absolute atomic E-state index is 0.0477. The second-order valence-corrected chi connectivity index (χ2v) is 6.03. The van der Waals surface area contributed by atoms with E-state index in [0.29, 0.717) is 17.7 Å². The van der Waals surface area contributed by atoms with Gasteiger partial charge in [-0.25, -0.2) is 4.39 Å². The Morgan fingerprint density at radius 1 is 1.20 bits per heavy atom. The number of hydrogen-bond donors (Lipinski definition) is 1. The molecule has 3 rings (SSSR count). The Morgan fingerprint density at radius 2 is 1.92 bits per heavy atom. The van der Waals surface area contributed by atoms with Crippen LogP contribution in [-0.4, -0.2) is 24.1 Å². The number of para-hydroxylation sites is 1. The fraction of sp³-hybridized carbons (Fsp3) is 0.211. The third-order valence-electron chi connectivity index (χ3n) is 3.78. The summed E-state index contributed by atoms with van der Waals surface area (Å²) in [6.07, 6.45) is 0. The average Bonchev–Trinajstić information content (AvgIpc) is 2.55. The lowest BCUT2D eigenvalue weighted by Crippen LogP contribution is -2.13. The van der Waals surface area contributed by atoms with Crippen LogP contribution in [0.2, 0.25) is 0 Å². The molecule has 0 saturated carbocycles. The van der Waals surface area contributed by atoms with Gasteiger partial charge in [0, 0.05) is 6.54 Å². The zero-order valence-corrected chi connectivity index (χ0v) is 14.2. The smallest absolute Gasteiger partial charge is 0.235 e. The molecule has 0 fully saturated rings. The van der Waals surface area contributed by atoms with Crippen LogP contribution in [0.1, 0.15) is 11.3 Å². The van der Waals surface area contributed by atoms with Gasteiger partial charge in [0.2, 0.25) is 11.2 Å². The molecule has 0 aliphatic heterocycles. The standard InChI is InChI=1S/C19H18FNO4/c1-11-18(25-16-7-5-4-6-14(16)20)17(23)12-8-9-15(22)13(10-21(2)3)19(12)24-11/h4-9,22H,10H2,1-3H3. The third kappa shape index (κ3) is 3.21. The Morgan fingerprint density at radius 3 is 2.60 bits per heavy atom. The number of nitrogens with zero attached hydrogens (tertiary/aromatic N) is 1. The number of aromatic hydroxyl groups is 1. The van der Waals surface area contributed by atoms with Gasteiger partial charge in [0.15, 0.2) is 11.6 Å². The highest BCUT2D eigenvalue weighted by Crippen LogP contribution is 2.31. The maximum Gasteiger partial charge on any atom is 0.235 e. The first-order valence-electron chi connectivity index (χ1n) is 7.74. The molecule has 0 saturated heterocycles. The van der Waals surface area contributed by atoms with E-state index in [2.05, 4.69) is 0 Å². The zero-order chi connectivity index (χ0) is 18.1. The first-order chi connectivity index (χ1) is 11.9. The monoisotopic (exact) mass is 343 g/mol. The van der Waals surface area contributed by atoms with E-state index in [1.165, 1.54) is 30.3 Å². The Balaban J connectivity index is 2.19. The Hall–Kier alpha value is -2.86. The van der Waals surface area contributed by atoms with E-state index in [4.69, 9.17) is 9.15 Å². The molecule has 6 heteroatoms. The summed E-state index contributed by atoms with van der Waals surface area (Å²) >= 11 is 0. The fourth-order valence-corrected chi connectivity index (χ4v) is 2.62. The largest absolute Gasteiger partial charge is 0.507 e. The van der Waals surface area contributed by atoms with Crippen molar-refractivity contribution in [1.29, 1.82) is 0 Å².